The first-order valence-electron chi connectivity index (χ1n) is 18.6. The zero-order valence-electron chi connectivity index (χ0n) is 32.8. The number of primary amides is 1. The molecule has 3 aromatic rings. The van der Waals surface area contributed by atoms with Crippen molar-refractivity contribution < 1.29 is 64.4 Å². The number of aromatic hydroxyl groups is 1. The number of benzene rings is 2. The van der Waals surface area contributed by atoms with E-state index in [1.54, 1.807) is 23.6 Å². The highest BCUT2D eigenvalue weighted by Crippen LogP contribution is 2.56. The minimum Gasteiger partial charge on any atom is -0.508 e. The summed E-state index contributed by atoms with van der Waals surface area (Å²) in [7, 11) is 4.94. The summed E-state index contributed by atoms with van der Waals surface area (Å²) >= 11 is 0. The lowest BCUT2D eigenvalue weighted by molar-refractivity contribution is -0.169. The van der Waals surface area contributed by atoms with Crippen molar-refractivity contribution in [3.63, 3.8) is 0 Å². The molecule has 10 N–H and O–H groups in total. The summed E-state index contributed by atoms with van der Waals surface area (Å²) < 4.78 is 22.6. The highest BCUT2D eigenvalue weighted by atomic mass is 19.1. The zero-order valence-corrected chi connectivity index (χ0v) is 32.8. The number of carboxylic acids is 1. The fourth-order valence-electron chi connectivity index (χ4n) is 9.27. The van der Waals surface area contributed by atoms with Crippen LogP contribution >= 0.6 is 0 Å². The van der Waals surface area contributed by atoms with Crippen LogP contribution in [0.25, 0.3) is 16.7 Å². The van der Waals surface area contributed by atoms with E-state index in [2.05, 4.69) is 4.90 Å². The molecule has 18 nitrogen and oxygen atoms in total. The number of phenols is 1. The number of carbonyl (C=O) groups excluding carboxylic acids is 3. The molecule has 0 unspecified atom stereocenters. The van der Waals surface area contributed by atoms with Crippen LogP contribution < -0.4 is 20.8 Å². The van der Waals surface area contributed by atoms with Crippen molar-refractivity contribution in [1.29, 1.82) is 0 Å². The number of Topliss-reactive ketones (excluding diaryl/α,β-unsaturated/α-hetero) is 2. The average molecular weight is 824 g/mol. The number of aliphatic hydroxyl groups is 4. The fraction of sp³-hybridized carbons (Fsp3) is 0.425. The lowest BCUT2D eigenvalue weighted by Crippen LogP contribution is -2.70. The summed E-state index contributed by atoms with van der Waals surface area (Å²) in [6.45, 7) is 6.75. The summed E-state index contributed by atoms with van der Waals surface area (Å²) in [5.41, 5.74) is 1.24. The summed E-state index contributed by atoms with van der Waals surface area (Å²) in [5.74, 6) is -10.4. The Balaban J connectivity index is 0.000000199. The van der Waals surface area contributed by atoms with Crippen LogP contribution in [0.15, 0.2) is 52.2 Å². The summed E-state index contributed by atoms with van der Waals surface area (Å²) in [5, 5.41) is 64.3. The number of halogens is 1. The van der Waals surface area contributed by atoms with Crippen LogP contribution in [0.2, 0.25) is 0 Å². The molecule has 0 spiro atoms. The van der Waals surface area contributed by atoms with Gasteiger partial charge in [0.05, 0.1) is 40.6 Å². The minimum atomic E-state index is -2.89. The molecule has 3 heterocycles. The minimum absolute atomic E-state index is 0. The van der Waals surface area contributed by atoms with Crippen LogP contribution in [0.1, 0.15) is 47.3 Å². The Morgan fingerprint density at radius 2 is 1.69 bits per heavy atom. The van der Waals surface area contributed by atoms with Crippen LogP contribution in [0.4, 0.5) is 10.1 Å². The predicted octanol–water partition coefficient (Wildman–Crippen LogP) is 0.215. The lowest BCUT2D eigenvalue weighted by Gasteiger charge is -2.53. The number of anilines is 1. The number of rotatable bonds is 4. The van der Waals surface area contributed by atoms with Gasteiger partial charge in [0, 0.05) is 43.9 Å². The van der Waals surface area contributed by atoms with Gasteiger partial charge in [-0.15, -0.1) is 0 Å². The molecule has 5 aliphatic rings. The third kappa shape index (κ3) is 6.22. The number of amides is 1. The molecule has 0 radical (unpaired) electrons. The molecule has 2 aromatic carbocycles. The van der Waals surface area contributed by atoms with E-state index < -0.39 is 92.9 Å². The highest BCUT2D eigenvalue weighted by molar-refractivity contribution is 6.24. The molecular formula is C40H46FN5O13. The molecule has 2 aliphatic heterocycles. The molecule has 2 fully saturated rings. The van der Waals surface area contributed by atoms with Gasteiger partial charge in [0.25, 0.3) is 5.91 Å². The number of carbonyl (C=O) groups is 4. The Hall–Kier alpha value is -5.86. The van der Waals surface area contributed by atoms with Crippen LogP contribution in [-0.2, 0) is 14.4 Å². The number of nitrogens with zero attached hydrogens (tertiary/aromatic N) is 4. The Bertz CT molecular complexity index is 2440. The molecule has 1 amide bonds. The first-order valence-corrected chi connectivity index (χ1v) is 18.6. The van der Waals surface area contributed by atoms with Gasteiger partial charge >= 0.3 is 5.97 Å². The van der Waals surface area contributed by atoms with Crippen LogP contribution in [0.5, 0.6) is 11.5 Å². The number of phenolic OH excluding ortho intramolecular Hbond substituents is 1. The number of fused-ring (bicyclic) bond motifs is 3. The number of carboxylic acid groups (broad SMARTS) is 1. The first kappa shape index (κ1) is 42.7. The number of nitrogens with two attached hydrogens (primary N) is 1. The topological polar surface area (TPSA) is 288 Å². The van der Waals surface area contributed by atoms with Gasteiger partial charge in [-0.05, 0) is 51.7 Å². The predicted molar refractivity (Wildman–Crippen MR) is 209 cm³/mol. The van der Waals surface area contributed by atoms with Crippen molar-refractivity contribution in [1.82, 2.24) is 14.4 Å². The number of aromatic nitrogens is 1. The number of hydrogen-bond donors (Lipinski definition) is 7. The molecule has 7 atom stereocenters. The van der Waals surface area contributed by atoms with E-state index in [9.17, 15) is 59.0 Å². The van der Waals surface area contributed by atoms with Gasteiger partial charge in [-0.1, -0.05) is 19.1 Å². The Labute approximate surface area is 335 Å². The van der Waals surface area contributed by atoms with E-state index in [0.717, 1.165) is 19.2 Å². The van der Waals surface area contributed by atoms with E-state index in [1.807, 2.05) is 18.9 Å². The van der Waals surface area contributed by atoms with Crippen molar-refractivity contribution in [2.24, 2.45) is 17.6 Å². The summed E-state index contributed by atoms with van der Waals surface area (Å²) in [6, 6.07) is 4.13. The number of pyridine rings is 1. The number of ketones is 2. The van der Waals surface area contributed by atoms with Gasteiger partial charge in [0.15, 0.2) is 23.0 Å². The number of likely N-dealkylation sites (N-methyl/N-ethyl adjacent to an activating group) is 2. The molecular weight excluding hydrogens is 777 g/mol. The van der Waals surface area contributed by atoms with Crippen LogP contribution in [-0.4, -0.2) is 146 Å². The SMILES string of the molecule is C[C@H]1COc2c(N3CCN(C)CC3)c(F)cc3c(=O)c(C(=O)O)cn1c23.C[C@H]1c2cccc(O)c2C(O)=C2C(=O)[C@]3(O)C(O)=C(C(N)=O)C(=O)[C@@H](N(C)C)[C@@H]3[C@@H](O)[C@@H]21.O. The van der Waals surface area contributed by atoms with Crippen LogP contribution in [0, 0.1) is 17.7 Å². The first-order chi connectivity index (χ1) is 27.2. The van der Waals surface area contributed by atoms with Crippen molar-refractivity contribution in [2.75, 3.05) is 58.8 Å². The van der Waals surface area contributed by atoms with E-state index in [4.69, 9.17) is 10.5 Å². The smallest absolute Gasteiger partial charge is 0.341 e. The van der Waals surface area contributed by atoms with Gasteiger partial charge in [-0.3, -0.25) is 24.1 Å². The van der Waals surface area contributed by atoms with Gasteiger partial charge < -0.3 is 61.0 Å². The second-order valence-corrected chi connectivity index (χ2v) is 15.8. The van der Waals surface area contributed by atoms with Gasteiger partial charge in [0.1, 0.15) is 40.7 Å². The maximum Gasteiger partial charge on any atom is 0.341 e. The number of hydrogen-bond acceptors (Lipinski definition) is 14. The molecule has 0 bridgehead atoms. The van der Waals surface area contributed by atoms with Crippen LogP contribution in [0.3, 0.4) is 0 Å². The van der Waals surface area contributed by atoms with E-state index in [-0.39, 0.29) is 40.4 Å². The standard InChI is InChI=1S/C22H24N2O8.C18H20FN3O4.H2O/c1-7-8-5-4-6-9(25)11(8)16(26)12-10(7)17(27)14-15(24(2)3)18(28)13(21(23)31)20(30)22(14,32)19(12)29;1-10-9-26-17-14-11(16(23)12(18(24)25)8-22(10)14)7-13(19)15(17)21-5-3-20(2)4-6-21;/h4-7,10,14-15,17,25-27,30,32H,1-3H3,(H2,23,31);7-8,10H,3-6,9H2,1-2H3,(H,24,25);1H2/t7-,10+,14+,15-,17-,22-;10-;/m00./s1. The maximum atomic E-state index is 15.0. The van der Waals surface area contributed by atoms with E-state index in [1.165, 1.54) is 31.3 Å². The van der Waals surface area contributed by atoms with Gasteiger partial charge in [-0.2, -0.15) is 0 Å². The molecule has 316 valence electrons. The number of aliphatic hydroxyl groups excluding tert-OH is 3. The third-order valence-corrected chi connectivity index (χ3v) is 12.2. The molecule has 3 aliphatic carbocycles. The van der Waals surface area contributed by atoms with Crippen molar-refractivity contribution in [3.05, 3.63) is 80.1 Å². The van der Waals surface area contributed by atoms with E-state index in [0.29, 0.717) is 35.6 Å². The fourth-order valence-corrected chi connectivity index (χ4v) is 9.27. The number of piperazine rings is 1. The molecule has 59 heavy (non-hydrogen) atoms. The number of ether oxygens (including phenoxy) is 1. The Kier molecular flexibility index (Phi) is 10.9. The molecule has 8 rings (SSSR count). The molecule has 19 heteroatoms. The normalized spacial score (nSPS) is 27.6. The number of aromatic carboxylic acids is 1. The van der Waals surface area contributed by atoms with Gasteiger partial charge in [0.2, 0.25) is 11.2 Å². The maximum absolute atomic E-state index is 15.0. The largest absolute Gasteiger partial charge is 0.508 e. The quantitative estimate of drug-likeness (QED) is 0.173. The monoisotopic (exact) mass is 823 g/mol. The highest BCUT2D eigenvalue weighted by Gasteiger charge is 2.68. The second-order valence-electron chi connectivity index (χ2n) is 15.8. The summed E-state index contributed by atoms with van der Waals surface area (Å²) in [6.07, 6.45) is -0.247. The zero-order chi connectivity index (χ0) is 42.4. The molecule has 1 aromatic heterocycles. The summed E-state index contributed by atoms with van der Waals surface area (Å²) in [4.78, 5) is 68.0. The van der Waals surface area contributed by atoms with Crippen molar-refractivity contribution in [3.8, 4) is 11.5 Å². The third-order valence-electron chi connectivity index (χ3n) is 12.2. The van der Waals surface area contributed by atoms with Crippen molar-refractivity contribution >= 4 is 45.8 Å². The second kappa shape index (κ2) is 15.1. The average Bonchev–Trinajstić information content (AvgIpc) is 3.15. The Morgan fingerprint density at radius 1 is 1.05 bits per heavy atom. The van der Waals surface area contributed by atoms with E-state index >= 15 is 0 Å². The molecule has 1 saturated carbocycles. The molecule has 1 saturated heterocycles. The Morgan fingerprint density at radius 3 is 2.29 bits per heavy atom. The lowest BCUT2D eigenvalue weighted by atomic mass is 9.54. The van der Waals surface area contributed by atoms with Gasteiger partial charge in [-0.25, -0.2) is 9.18 Å². The van der Waals surface area contributed by atoms with Crippen molar-refractivity contribution in [2.45, 2.75) is 43.6 Å².